The lowest BCUT2D eigenvalue weighted by Gasteiger charge is -2.26. The van der Waals surface area contributed by atoms with Crippen molar-refractivity contribution in [3.8, 4) is 11.5 Å². The summed E-state index contributed by atoms with van der Waals surface area (Å²) >= 11 is 0. The highest BCUT2D eigenvalue weighted by atomic mass is 32.2. The van der Waals surface area contributed by atoms with Crippen LogP contribution in [-0.2, 0) is 14.8 Å². The number of nitrogens with zero attached hydrogens (tertiary/aromatic N) is 2. The third kappa shape index (κ3) is 5.66. The number of ether oxygens (including phenoxy) is 3. The minimum atomic E-state index is -4.09. The molecular formula is C23H30FN3O6S. The molecule has 186 valence electrons. The van der Waals surface area contributed by atoms with Gasteiger partial charge in [0.25, 0.3) is 5.91 Å². The van der Waals surface area contributed by atoms with Crippen LogP contribution in [-0.4, -0.2) is 84.7 Å². The second kappa shape index (κ2) is 11.1. The highest BCUT2D eigenvalue weighted by Gasteiger charge is 2.30. The van der Waals surface area contributed by atoms with Gasteiger partial charge < -0.3 is 24.4 Å². The Morgan fingerprint density at radius 2 is 1.79 bits per heavy atom. The maximum atomic E-state index is 14.5. The van der Waals surface area contributed by atoms with E-state index in [0.717, 1.165) is 22.0 Å². The van der Waals surface area contributed by atoms with Crippen molar-refractivity contribution in [2.24, 2.45) is 0 Å². The molecule has 0 aromatic heterocycles. The van der Waals surface area contributed by atoms with Crippen molar-refractivity contribution >= 4 is 15.9 Å². The van der Waals surface area contributed by atoms with Gasteiger partial charge in [0.05, 0.1) is 33.5 Å². The molecule has 11 heteroatoms. The predicted molar refractivity (Wildman–Crippen MR) is 124 cm³/mol. The highest BCUT2D eigenvalue weighted by molar-refractivity contribution is 7.89. The molecule has 2 aromatic carbocycles. The van der Waals surface area contributed by atoms with Gasteiger partial charge in [-0.25, -0.2) is 12.8 Å². The van der Waals surface area contributed by atoms with Gasteiger partial charge in [0.1, 0.15) is 10.7 Å². The third-order valence-corrected chi connectivity index (χ3v) is 7.57. The van der Waals surface area contributed by atoms with Crippen molar-refractivity contribution in [2.75, 3.05) is 61.2 Å². The fraction of sp³-hybridized carbons (Fsp3) is 0.435. The van der Waals surface area contributed by atoms with Gasteiger partial charge in [-0.3, -0.25) is 4.79 Å². The summed E-state index contributed by atoms with van der Waals surface area (Å²) in [5, 5.41) is 2.82. The van der Waals surface area contributed by atoms with Crippen LogP contribution in [0.15, 0.2) is 41.3 Å². The van der Waals surface area contributed by atoms with Crippen LogP contribution in [0.25, 0.3) is 0 Å². The van der Waals surface area contributed by atoms with E-state index in [4.69, 9.17) is 14.2 Å². The van der Waals surface area contributed by atoms with E-state index in [0.29, 0.717) is 11.5 Å². The minimum absolute atomic E-state index is 0.0538. The number of amides is 1. The Kier molecular flexibility index (Phi) is 8.47. The van der Waals surface area contributed by atoms with Crippen LogP contribution in [0.5, 0.6) is 11.5 Å². The van der Waals surface area contributed by atoms with Gasteiger partial charge >= 0.3 is 0 Å². The first-order valence-electron chi connectivity index (χ1n) is 10.7. The molecule has 1 saturated heterocycles. The van der Waals surface area contributed by atoms with Crippen LogP contribution >= 0.6 is 0 Å². The van der Waals surface area contributed by atoms with E-state index in [2.05, 4.69) is 5.32 Å². The first-order valence-corrected chi connectivity index (χ1v) is 12.2. The number of halogens is 1. The summed E-state index contributed by atoms with van der Waals surface area (Å²) in [6.45, 7) is 0.971. The van der Waals surface area contributed by atoms with Gasteiger partial charge in [0, 0.05) is 25.2 Å². The van der Waals surface area contributed by atoms with Crippen LogP contribution in [0.3, 0.4) is 0 Å². The molecule has 0 radical (unpaired) electrons. The Morgan fingerprint density at radius 3 is 2.41 bits per heavy atom. The predicted octanol–water partition coefficient (Wildman–Crippen LogP) is 1.90. The normalized spacial score (nSPS) is 15.7. The molecule has 1 fully saturated rings. The first kappa shape index (κ1) is 25.9. The Balaban J connectivity index is 1.79. The first-order chi connectivity index (χ1) is 16.2. The van der Waals surface area contributed by atoms with E-state index in [9.17, 15) is 17.6 Å². The molecule has 3 rings (SSSR count). The van der Waals surface area contributed by atoms with E-state index < -0.39 is 26.6 Å². The number of methoxy groups -OCH3 is 2. The Hall–Kier alpha value is -2.73. The summed E-state index contributed by atoms with van der Waals surface area (Å²) in [6, 6.07) is 8.64. The fourth-order valence-electron chi connectivity index (χ4n) is 3.72. The van der Waals surface area contributed by atoms with Gasteiger partial charge in [0.15, 0.2) is 11.5 Å². The molecule has 34 heavy (non-hydrogen) atoms. The molecule has 2 aromatic rings. The molecule has 9 nitrogen and oxygen atoms in total. The van der Waals surface area contributed by atoms with Crippen LogP contribution in [0.4, 0.5) is 4.39 Å². The number of nitrogens with one attached hydrogen (secondary N) is 1. The van der Waals surface area contributed by atoms with E-state index in [1.807, 2.05) is 31.1 Å². The fourth-order valence-corrected chi connectivity index (χ4v) is 5.22. The van der Waals surface area contributed by atoms with E-state index in [1.165, 1.54) is 6.07 Å². The van der Waals surface area contributed by atoms with E-state index >= 15 is 0 Å². The highest BCUT2D eigenvalue weighted by Crippen LogP contribution is 2.31. The molecular weight excluding hydrogens is 465 g/mol. The summed E-state index contributed by atoms with van der Waals surface area (Å²) in [7, 11) is 2.76. The van der Waals surface area contributed by atoms with Crippen LogP contribution in [0, 0.1) is 5.82 Å². The number of likely N-dealkylation sites (N-methyl/N-ethyl adjacent to an activating group) is 1. The van der Waals surface area contributed by atoms with Crippen molar-refractivity contribution in [1.29, 1.82) is 0 Å². The summed E-state index contributed by atoms with van der Waals surface area (Å²) in [4.78, 5) is 14.3. The smallest absolute Gasteiger partial charge is 0.251 e. The molecule has 1 N–H and O–H groups in total. The lowest BCUT2D eigenvalue weighted by atomic mass is 10.0. The molecule has 1 unspecified atom stereocenters. The largest absolute Gasteiger partial charge is 0.493 e. The van der Waals surface area contributed by atoms with Crippen molar-refractivity contribution in [1.82, 2.24) is 14.5 Å². The summed E-state index contributed by atoms with van der Waals surface area (Å²) < 4.78 is 57.3. The lowest BCUT2D eigenvalue weighted by molar-refractivity contribution is 0.0729. The average Bonchev–Trinajstić information content (AvgIpc) is 2.84. The SMILES string of the molecule is COc1ccc(C(CNC(=O)c2ccc(F)c(S(=O)(=O)N3CCOCC3)c2)N(C)C)cc1OC. The molecule has 1 heterocycles. The van der Waals surface area contributed by atoms with E-state index in [1.54, 1.807) is 20.3 Å². The summed E-state index contributed by atoms with van der Waals surface area (Å²) in [6.07, 6.45) is 0. The molecule has 1 amide bonds. The lowest BCUT2D eigenvalue weighted by Crippen LogP contribution is -2.41. The van der Waals surface area contributed by atoms with Gasteiger partial charge in [-0.15, -0.1) is 0 Å². The molecule has 1 aliphatic heterocycles. The zero-order valence-electron chi connectivity index (χ0n) is 19.7. The molecule has 0 aliphatic carbocycles. The van der Waals surface area contributed by atoms with Crippen molar-refractivity contribution in [3.05, 3.63) is 53.3 Å². The van der Waals surface area contributed by atoms with Gasteiger partial charge in [-0.1, -0.05) is 6.07 Å². The second-order valence-electron chi connectivity index (χ2n) is 7.97. The van der Waals surface area contributed by atoms with Crippen LogP contribution in [0.1, 0.15) is 22.0 Å². The molecule has 1 atom stereocenters. The second-order valence-corrected chi connectivity index (χ2v) is 9.87. The number of carbonyl (C=O) groups excluding carboxylic acids is 1. The maximum Gasteiger partial charge on any atom is 0.251 e. The van der Waals surface area contributed by atoms with Crippen molar-refractivity contribution < 1.29 is 31.8 Å². The Labute approximate surface area is 199 Å². The summed E-state index contributed by atoms with van der Waals surface area (Å²) in [5.74, 6) is -0.256. The van der Waals surface area contributed by atoms with Crippen LogP contribution < -0.4 is 14.8 Å². The van der Waals surface area contributed by atoms with E-state index in [-0.39, 0.29) is 44.5 Å². The number of hydrogen-bond acceptors (Lipinski definition) is 7. The average molecular weight is 496 g/mol. The quantitative estimate of drug-likeness (QED) is 0.568. The molecule has 0 bridgehead atoms. The molecule has 0 saturated carbocycles. The number of carbonyl (C=O) groups is 1. The monoisotopic (exact) mass is 495 g/mol. The summed E-state index contributed by atoms with van der Waals surface area (Å²) in [5.41, 5.74) is 0.940. The topological polar surface area (TPSA) is 97.4 Å². The number of hydrogen-bond donors (Lipinski definition) is 1. The number of morpholine rings is 1. The number of rotatable bonds is 9. The number of benzene rings is 2. The maximum absolute atomic E-state index is 14.5. The van der Waals surface area contributed by atoms with Crippen molar-refractivity contribution in [3.63, 3.8) is 0 Å². The standard InChI is InChI=1S/C23H30FN3O6S/c1-26(2)19(16-6-8-20(31-3)21(13-16)32-4)15-25-23(28)17-5-7-18(24)22(14-17)34(29,30)27-9-11-33-12-10-27/h5-8,13-14,19H,9-12,15H2,1-4H3,(H,25,28). The van der Waals surface area contributed by atoms with Gasteiger partial charge in [-0.2, -0.15) is 4.31 Å². The van der Waals surface area contributed by atoms with Gasteiger partial charge in [0.2, 0.25) is 10.0 Å². The zero-order valence-corrected chi connectivity index (χ0v) is 20.5. The zero-order chi connectivity index (χ0) is 24.9. The molecule has 0 spiro atoms. The third-order valence-electron chi connectivity index (χ3n) is 5.65. The van der Waals surface area contributed by atoms with Gasteiger partial charge in [-0.05, 0) is 50.0 Å². The number of sulfonamides is 1. The molecule has 1 aliphatic rings. The van der Waals surface area contributed by atoms with Crippen molar-refractivity contribution in [2.45, 2.75) is 10.9 Å². The minimum Gasteiger partial charge on any atom is -0.493 e. The Bertz CT molecular complexity index is 1120. The Morgan fingerprint density at radius 1 is 1.12 bits per heavy atom. The van der Waals surface area contributed by atoms with Crippen LogP contribution in [0.2, 0.25) is 0 Å².